The molecule has 1 aromatic rings. The summed E-state index contributed by atoms with van der Waals surface area (Å²) >= 11 is 0. The molecule has 0 saturated carbocycles. The van der Waals surface area contributed by atoms with E-state index in [9.17, 15) is 0 Å². The normalized spacial score (nSPS) is 15.3. The van der Waals surface area contributed by atoms with E-state index in [-0.39, 0.29) is 0 Å². The van der Waals surface area contributed by atoms with Crippen LogP contribution in [-0.2, 0) is 0 Å². The van der Waals surface area contributed by atoms with Crippen molar-refractivity contribution in [3.05, 3.63) is 23.8 Å². The first kappa shape index (κ1) is 12.2. The molecular formula is C13H20N2O2. The first-order valence-electron chi connectivity index (χ1n) is 5.96. The maximum Gasteiger partial charge on any atom is 0.231 e. The van der Waals surface area contributed by atoms with Crippen LogP contribution < -0.4 is 14.8 Å². The van der Waals surface area contributed by atoms with E-state index >= 15 is 0 Å². The predicted molar refractivity (Wildman–Crippen MR) is 67.5 cm³/mol. The van der Waals surface area contributed by atoms with Gasteiger partial charge in [-0.3, -0.25) is 4.90 Å². The zero-order chi connectivity index (χ0) is 12.3. The zero-order valence-corrected chi connectivity index (χ0v) is 10.7. The monoisotopic (exact) mass is 236 g/mol. The van der Waals surface area contributed by atoms with E-state index < -0.39 is 0 Å². The lowest BCUT2D eigenvalue weighted by molar-refractivity contribution is 0.174. The van der Waals surface area contributed by atoms with Gasteiger partial charge >= 0.3 is 0 Å². The van der Waals surface area contributed by atoms with Gasteiger partial charge in [0.2, 0.25) is 6.79 Å². The third-order valence-corrected chi connectivity index (χ3v) is 3.25. The van der Waals surface area contributed by atoms with Crippen LogP contribution in [0.2, 0.25) is 0 Å². The highest BCUT2D eigenvalue weighted by atomic mass is 16.7. The van der Waals surface area contributed by atoms with Gasteiger partial charge in [0.25, 0.3) is 0 Å². The molecule has 94 valence electrons. The molecule has 1 N–H and O–H groups in total. The van der Waals surface area contributed by atoms with E-state index in [2.05, 4.69) is 36.3 Å². The van der Waals surface area contributed by atoms with Gasteiger partial charge in [0.15, 0.2) is 11.5 Å². The first-order valence-corrected chi connectivity index (χ1v) is 5.96. The Labute approximate surface area is 103 Å². The molecule has 0 saturated heterocycles. The van der Waals surface area contributed by atoms with Crippen molar-refractivity contribution < 1.29 is 9.47 Å². The average Bonchev–Trinajstić information content (AvgIpc) is 2.81. The van der Waals surface area contributed by atoms with E-state index in [0.29, 0.717) is 12.8 Å². The first-order chi connectivity index (χ1) is 8.22. The number of nitrogens with zero attached hydrogens (tertiary/aromatic N) is 1. The van der Waals surface area contributed by atoms with Crippen molar-refractivity contribution in [3.63, 3.8) is 0 Å². The van der Waals surface area contributed by atoms with Crippen LogP contribution in [0.5, 0.6) is 11.5 Å². The van der Waals surface area contributed by atoms with Gasteiger partial charge in [-0.15, -0.1) is 0 Å². The standard InChI is InChI=1S/C13H20N2O2/c1-10(15(3)7-6-14-2)11-4-5-12-13(8-11)17-9-16-12/h4-5,8,10,14H,6-7,9H2,1-3H3. The summed E-state index contributed by atoms with van der Waals surface area (Å²) in [6.07, 6.45) is 0. The van der Waals surface area contributed by atoms with Crippen LogP contribution in [0, 0.1) is 0 Å². The number of hydrogen-bond acceptors (Lipinski definition) is 4. The van der Waals surface area contributed by atoms with Gasteiger partial charge in [0.1, 0.15) is 0 Å². The van der Waals surface area contributed by atoms with Gasteiger partial charge in [0.05, 0.1) is 0 Å². The average molecular weight is 236 g/mol. The van der Waals surface area contributed by atoms with E-state index in [1.165, 1.54) is 5.56 Å². The van der Waals surface area contributed by atoms with Crippen molar-refractivity contribution in [1.82, 2.24) is 10.2 Å². The molecule has 0 fully saturated rings. The van der Waals surface area contributed by atoms with Crippen LogP contribution in [0.4, 0.5) is 0 Å². The summed E-state index contributed by atoms with van der Waals surface area (Å²) in [5.41, 5.74) is 1.26. The molecule has 0 bridgehead atoms. The fraction of sp³-hybridized carbons (Fsp3) is 0.538. The topological polar surface area (TPSA) is 33.7 Å². The largest absolute Gasteiger partial charge is 0.454 e. The molecule has 1 unspecified atom stereocenters. The predicted octanol–water partition coefficient (Wildman–Crippen LogP) is 1.63. The molecule has 1 heterocycles. The van der Waals surface area contributed by atoms with Gasteiger partial charge in [-0.1, -0.05) is 6.07 Å². The van der Waals surface area contributed by atoms with Crippen molar-refractivity contribution in [3.8, 4) is 11.5 Å². The van der Waals surface area contributed by atoms with E-state index in [0.717, 1.165) is 24.6 Å². The highest BCUT2D eigenvalue weighted by Gasteiger charge is 2.17. The summed E-state index contributed by atoms with van der Waals surface area (Å²) in [4.78, 5) is 2.31. The Morgan fingerprint density at radius 1 is 1.35 bits per heavy atom. The number of ether oxygens (including phenoxy) is 2. The van der Waals surface area contributed by atoms with Crippen LogP contribution in [0.3, 0.4) is 0 Å². The summed E-state index contributed by atoms with van der Waals surface area (Å²) in [6, 6.07) is 6.54. The lowest BCUT2D eigenvalue weighted by atomic mass is 10.1. The SMILES string of the molecule is CNCCN(C)C(C)c1ccc2c(c1)OCO2. The Morgan fingerprint density at radius 2 is 2.12 bits per heavy atom. The third kappa shape index (κ3) is 2.70. The molecule has 4 heteroatoms. The molecule has 0 aromatic heterocycles. The fourth-order valence-electron chi connectivity index (χ4n) is 1.91. The maximum absolute atomic E-state index is 5.40. The Bertz CT molecular complexity index is 382. The summed E-state index contributed by atoms with van der Waals surface area (Å²) in [5, 5.41) is 3.16. The maximum atomic E-state index is 5.40. The molecule has 0 radical (unpaired) electrons. The lowest BCUT2D eigenvalue weighted by Gasteiger charge is -2.25. The molecule has 0 amide bonds. The van der Waals surface area contributed by atoms with Crippen molar-refractivity contribution in [2.45, 2.75) is 13.0 Å². The summed E-state index contributed by atoms with van der Waals surface area (Å²) in [5.74, 6) is 1.70. The Balaban J connectivity index is 2.06. The van der Waals surface area contributed by atoms with Gasteiger partial charge in [0, 0.05) is 19.1 Å². The van der Waals surface area contributed by atoms with Crippen LogP contribution >= 0.6 is 0 Å². The Kier molecular flexibility index (Phi) is 3.86. The Hall–Kier alpha value is -1.26. The van der Waals surface area contributed by atoms with Crippen molar-refractivity contribution >= 4 is 0 Å². The minimum Gasteiger partial charge on any atom is -0.454 e. The van der Waals surface area contributed by atoms with Gasteiger partial charge in [-0.05, 0) is 38.7 Å². The van der Waals surface area contributed by atoms with E-state index in [1.807, 2.05) is 13.1 Å². The van der Waals surface area contributed by atoms with E-state index in [1.54, 1.807) is 0 Å². The minimum atomic E-state index is 0.336. The highest BCUT2D eigenvalue weighted by molar-refractivity contribution is 5.45. The van der Waals surface area contributed by atoms with Gasteiger partial charge < -0.3 is 14.8 Å². The second kappa shape index (κ2) is 5.38. The molecule has 0 spiro atoms. The number of likely N-dealkylation sites (N-methyl/N-ethyl adjacent to an activating group) is 2. The smallest absolute Gasteiger partial charge is 0.231 e. The third-order valence-electron chi connectivity index (χ3n) is 3.25. The molecule has 0 aliphatic carbocycles. The minimum absolute atomic E-state index is 0.336. The number of nitrogens with one attached hydrogen (secondary N) is 1. The number of rotatable bonds is 5. The molecule has 4 nitrogen and oxygen atoms in total. The second-order valence-corrected chi connectivity index (χ2v) is 4.37. The number of benzene rings is 1. The quantitative estimate of drug-likeness (QED) is 0.842. The fourth-order valence-corrected chi connectivity index (χ4v) is 1.91. The van der Waals surface area contributed by atoms with Crippen molar-refractivity contribution in [1.29, 1.82) is 0 Å². The zero-order valence-electron chi connectivity index (χ0n) is 10.7. The lowest BCUT2D eigenvalue weighted by Crippen LogP contribution is -2.29. The molecule has 2 rings (SSSR count). The van der Waals surface area contributed by atoms with Crippen LogP contribution in [0.15, 0.2) is 18.2 Å². The van der Waals surface area contributed by atoms with Gasteiger partial charge in [-0.25, -0.2) is 0 Å². The molecule has 1 aliphatic rings. The molecule has 1 aliphatic heterocycles. The van der Waals surface area contributed by atoms with Crippen molar-refractivity contribution in [2.75, 3.05) is 34.0 Å². The highest BCUT2D eigenvalue weighted by Crippen LogP contribution is 2.34. The van der Waals surface area contributed by atoms with Crippen LogP contribution in [0.25, 0.3) is 0 Å². The Morgan fingerprint density at radius 3 is 2.88 bits per heavy atom. The van der Waals surface area contributed by atoms with Crippen LogP contribution in [0.1, 0.15) is 18.5 Å². The molecule has 17 heavy (non-hydrogen) atoms. The number of hydrogen-bond donors (Lipinski definition) is 1. The summed E-state index contributed by atoms with van der Waals surface area (Å²) in [7, 11) is 4.10. The molecule has 1 aromatic carbocycles. The van der Waals surface area contributed by atoms with Crippen molar-refractivity contribution in [2.24, 2.45) is 0 Å². The van der Waals surface area contributed by atoms with E-state index in [4.69, 9.17) is 9.47 Å². The number of fused-ring (bicyclic) bond motifs is 1. The molecule has 1 atom stereocenters. The molecular weight excluding hydrogens is 216 g/mol. The van der Waals surface area contributed by atoms with Gasteiger partial charge in [-0.2, -0.15) is 0 Å². The second-order valence-electron chi connectivity index (χ2n) is 4.37. The van der Waals surface area contributed by atoms with Crippen LogP contribution in [-0.4, -0.2) is 38.9 Å². The summed E-state index contributed by atoms with van der Waals surface area (Å²) < 4.78 is 10.7. The summed E-state index contributed by atoms with van der Waals surface area (Å²) in [6.45, 7) is 4.55.